The van der Waals surface area contributed by atoms with Gasteiger partial charge in [0.1, 0.15) is 5.75 Å². The van der Waals surface area contributed by atoms with Crippen molar-refractivity contribution in [2.75, 3.05) is 32.8 Å². The Hall–Kier alpha value is -2.09. The van der Waals surface area contributed by atoms with Crippen molar-refractivity contribution < 1.29 is 17.9 Å². The van der Waals surface area contributed by atoms with Crippen LogP contribution in [0.3, 0.4) is 0 Å². The van der Waals surface area contributed by atoms with E-state index in [1.165, 1.54) is 16.4 Å². The van der Waals surface area contributed by atoms with Crippen LogP contribution in [-0.2, 0) is 14.8 Å². The lowest BCUT2D eigenvalue weighted by atomic mass is 10.2. The van der Waals surface area contributed by atoms with Gasteiger partial charge in [-0.05, 0) is 42.8 Å². The molecule has 1 aliphatic heterocycles. The summed E-state index contributed by atoms with van der Waals surface area (Å²) in [5.41, 5.74) is 1.06. The van der Waals surface area contributed by atoms with E-state index in [9.17, 15) is 13.2 Å². The molecule has 0 unspecified atom stereocenters. The van der Waals surface area contributed by atoms with Crippen molar-refractivity contribution in [1.29, 1.82) is 0 Å². The number of piperazine rings is 1. The Bertz CT molecular complexity index is 925. The van der Waals surface area contributed by atoms with Crippen molar-refractivity contribution in [3.05, 3.63) is 59.1 Å². The van der Waals surface area contributed by atoms with Gasteiger partial charge in [-0.3, -0.25) is 4.79 Å². The molecule has 0 saturated carbocycles. The molecule has 0 aromatic heterocycles. The van der Waals surface area contributed by atoms with Crippen LogP contribution >= 0.6 is 11.6 Å². The number of halogens is 1. The van der Waals surface area contributed by atoms with Crippen molar-refractivity contribution in [2.45, 2.75) is 11.8 Å². The van der Waals surface area contributed by atoms with Gasteiger partial charge in [-0.25, -0.2) is 8.42 Å². The standard InChI is InChI=1S/C19H21ClN2O4S/c1-15-4-2-6-17(12-15)26-14-19(23)21-8-10-22(11-9-21)27(24,25)18-7-3-5-16(20)13-18/h2-7,12-13H,8-11,14H2,1H3. The van der Waals surface area contributed by atoms with Gasteiger partial charge in [-0.2, -0.15) is 4.31 Å². The minimum atomic E-state index is -3.61. The van der Waals surface area contributed by atoms with E-state index < -0.39 is 10.0 Å². The van der Waals surface area contributed by atoms with E-state index in [0.29, 0.717) is 23.9 Å². The Morgan fingerprint density at radius 3 is 2.44 bits per heavy atom. The first-order valence-corrected chi connectivity index (χ1v) is 10.4. The van der Waals surface area contributed by atoms with Gasteiger partial charge < -0.3 is 9.64 Å². The van der Waals surface area contributed by atoms with Crippen LogP contribution in [0.15, 0.2) is 53.4 Å². The summed E-state index contributed by atoms with van der Waals surface area (Å²) in [4.78, 5) is 14.1. The van der Waals surface area contributed by atoms with Gasteiger partial charge in [-0.1, -0.05) is 29.8 Å². The number of amides is 1. The molecule has 0 radical (unpaired) electrons. The molecule has 0 spiro atoms. The topological polar surface area (TPSA) is 66.9 Å². The second-order valence-electron chi connectivity index (χ2n) is 6.35. The highest BCUT2D eigenvalue weighted by Gasteiger charge is 2.30. The highest BCUT2D eigenvalue weighted by atomic mass is 35.5. The van der Waals surface area contributed by atoms with Crippen LogP contribution < -0.4 is 4.74 Å². The predicted molar refractivity (Wildman–Crippen MR) is 103 cm³/mol. The molecule has 1 amide bonds. The Kier molecular flexibility index (Phi) is 6.04. The molecular weight excluding hydrogens is 388 g/mol. The lowest BCUT2D eigenvalue weighted by molar-refractivity contribution is -0.134. The Morgan fingerprint density at radius 2 is 1.78 bits per heavy atom. The number of carbonyl (C=O) groups excluding carboxylic acids is 1. The molecule has 6 nitrogen and oxygen atoms in total. The Morgan fingerprint density at radius 1 is 1.07 bits per heavy atom. The van der Waals surface area contributed by atoms with Crippen LogP contribution in [0.1, 0.15) is 5.56 Å². The first-order valence-electron chi connectivity index (χ1n) is 8.59. The summed E-state index contributed by atoms with van der Waals surface area (Å²) in [5, 5.41) is 0.373. The summed E-state index contributed by atoms with van der Waals surface area (Å²) in [6.07, 6.45) is 0. The fraction of sp³-hybridized carbons (Fsp3) is 0.316. The third kappa shape index (κ3) is 4.80. The molecule has 2 aromatic carbocycles. The van der Waals surface area contributed by atoms with E-state index in [2.05, 4.69) is 0 Å². The highest BCUT2D eigenvalue weighted by molar-refractivity contribution is 7.89. The number of hydrogen-bond donors (Lipinski definition) is 0. The third-order valence-corrected chi connectivity index (χ3v) is 6.51. The summed E-state index contributed by atoms with van der Waals surface area (Å²) in [7, 11) is -3.61. The largest absolute Gasteiger partial charge is 0.484 e. The maximum Gasteiger partial charge on any atom is 0.260 e. The number of benzene rings is 2. The Balaban J connectivity index is 1.56. The van der Waals surface area contributed by atoms with Crippen LogP contribution in [0.5, 0.6) is 5.75 Å². The number of hydrogen-bond acceptors (Lipinski definition) is 4. The van der Waals surface area contributed by atoms with E-state index >= 15 is 0 Å². The molecule has 1 fully saturated rings. The molecule has 2 aromatic rings. The smallest absolute Gasteiger partial charge is 0.260 e. The van der Waals surface area contributed by atoms with Gasteiger partial charge in [0, 0.05) is 31.2 Å². The summed E-state index contributed by atoms with van der Waals surface area (Å²) in [6.45, 7) is 3.03. The lowest BCUT2D eigenvalue weighted by Gasteiger charge is -2.34. The van der Waals surface area contributed by atoms with Crippen molar-refractivity contribution in [3.63, 3.8) is 0 Å². The molecule has 3 rings (SSSR count). The molecule has 0 bridgehead atoms. The third-order valence-electron chi connectivity index (χ3n) is 4.38. The minimum Gasteiger partial charge on any atom is -0.484 e. The van der Waals surface area contributed by atoms with Crippen LogP contribution in [0.4, 0.5) is 0 Å². The number of ether oxygens (including phenoxy) is 1. The molecule has 1 aliphatic rings. The van der Waals surface area contributed by atoms with Crippen LogP contribution in [0.2, 0.25) is 5.02 Å². The SMILES string of the molecule is Cc1cccc(OCC(=O)N2CCN(S(=O)(=O)c3cccc(Cl)c3)CC2)c1. The summed E-state index contributed by atoms with van der Waals surface area (Å²) < 4.78 is 32.3. The van der Waals surface area contributed by atoms with Crippen LogP contribution in [0, 0.1) is 6.92 Å². The molecular formula is C19H21ClN2O4S. The van der Waals surface area contributed by atoms with Crippen molar-refractivity contribution in [2.24, 2.45) is 0 Å². The summed E-state index contributed by atoms with van der Waals surface area (Å²) >= 11 is 5.90. The fourth-order valence-electron chi connectivity index (χ4n) is 2.90. The average molecular weight is 409 g/mol. The van der Waals surface area contributed by atoms with Gasteiger partial charge in [0.25, 0.3) is 5.91 Å². The number of rotatable bonds is 5. The highest BCUT2D eigenvalue weighted by Crippen LogP contribution is 2.21. The van der Waals surface area contributed by atoms with Crippen molar-refractivity contribution in [1.82, 2.24) is 9.21 Å². The van der Waals surface area contributed by atoms with Gasteiger partial charge in [0.15, 0.2) is 6.61 Å². The maximum atomic E-state index is 12.7. The van der Waals surface area contributed by atoms with Crippen molar-refractivity contribution >= 4 is 27.5 Å². The van der Waals surface area contributed by atoms with E-state index in [1.807, 2.05) is 25.1 Å². The molecule has 1 saturated heterocycles. The van der Waals surface area contributed by atoms with Gasteiger partial charge in [0.05, 0.1) is 4.90 Å². The molecule has 27 heavy (non-hydrogen) atoms. The van der Waals surface area contributed by atoms with Crippen LogP contribution in [-0.4, -0.2) is 56.3 Å². The maximum absolute atomic E-state index is 12.7. The van der Waals surface area contributed by atoms with E-state index in [1.54, 1.807) is 23.1 Å². The first-order chi connectivity index (χ1) is 12.9. The summed E-state index contributed by atoms with van der Waals surface area (Å²) in [5.74, 6) is 0.488. The molecule has 0 aliphatic carbocycles. The van der Waals surface area contributed by atoms with Gasteiger partial charge in [-0.15, -0.1) is 0 Å². The average Bonchev–Trinajstić information content (AvgIpc) is 2.66. The number of aryl methyl sites for hydroxylation is 1. The van der Waals surface area contributed by atoms with Gasteiger partial charge in [0.2, 0.25) is 10.0 Å². The number of sulfonamides is 1. The quantitative estimate of drug-likeness (QED) is 0.762. The summed E-state index contributed by atoms with van der Waals surface area (Å²) in [6, 6.07) is 13.7. The monoisotopic (exact) mass is 408 g/mol. The molecule has 8 heteroatoms. The zero-order valence-electron chi connectivity index (χ0n) is 15.0. The Labute approximate surface area is 164 Å². The molecule has 1 heterocycles. The second kappa shape index (κ2) is 8.29. The normalized spacial score (nSPS) is 15.6. The van der Waals surface area contributed by atoms with E-state index in [-0.39, 0.29) is 30.5 Å². The van der Waals surface area contributed by atoms with E-state index in [0.717, 1.165) is 5.56 Å². The van der Waals surface area contributed by atoms with Crippen LogP contribution in [0.25, 0.3) is 0 Å². The predicted octanol–water partition coefficient (Wildman–Crippen LogP) is 2.56. The molecule has 0 atom stereocenters. The van der Waals surface area contributed by atoms with Gasteiger partial charge >= 0.3 is 0 Å². The minimum absolute atomic E-state index is 0.0650. The zero-order valence-corrected chi connectivity index (χ0v) is 16.5. The molecule has 0 N–H and O–H groups in total. The fourth-order valence-corrected chi connectivity index (χ4v) is 4.62. The second-order valence-corrected chi connectivity index (χ2v) is 8.72. The van der Waals surface area contributed by atoms with Crippen molar-refractivity contribution in [3.8, 4) is 5.75 Å². The lowest BCUT2D eigenvalue weighted by Crippen LogP contribution is -2.51. The zero-order chi connectivity index (χ0) is 19.4. The first kappa shape index (κ1) is 19.7. The van der Waals surface area contributed by atoms with E-state index in [4.69, 9.17) is 16.3 Å². The number of nitrogens with zero attached hydrogens (tertiary/aromatic N) is 2. The number of carbonyl (C=O) groups is 1. The molecule has 144 valence electrons.